The van der Waals surface area contributed by atoms with E-state index in [4.69, 9.17) is 9.90 Å². The van der Waals surface area contributed by atoms with Crippen LogP contribution in [0.25, 0.3) is 21.1 Å². The van der Waals surface area contributed by atoms with Gasteiger partial charge in [-0.05, 0) is 25.5 Å². The van der Waals surface area contributed by atoms with Gasteiger partial charge in [-0.3, -0.25) is 15.0 Å². The third kappa shape index (κ3) is 3.12. The molecule has 0 spiro atoms. The molecule has 3 aromatic heterocycles. The number of H-pyrrole nitrogens is 2. The van der Waals surface area contributed by atoms with E-state index in [9.17, 15) is 18.0 Å². The first-order chi connectivity index (χ1) is 11.7. The van der Waals surface area contributed by atoms with E-state index in [1.165, 1.54) is 10.4 Å². The van der Waals surface area contributed by atoms with Crippen LogP contribution in [0.4, 0.5) is 13.2 Å². The van der Waals surface area contributed by atoms with Crippen LogP contribution in [0.2, 0.25) is 0 Å². The Kier molecular flexibility index (Phi) is 4.29. The van der Waals surface area contributed by atoms with Crippen molar-refractivity contribution in [2.24, 2.45) is 0 Å². The van der Waals surface area contributed by atoms with Crippen molar-refractivity contribution in [3.8, 4) is 0 Å². The van der Waals surface area contributed by atoms with E-state index in [2.05, 4.69) is 20.5 Å². The molecule has 134 valence electrons. The number of aliphatic carboxylic acids is 1. The number of nitrogens with zero attached hydrogens (tertiary/aromatic N) is 1. The molecule has 4 heterocycles. The van der Waals surface area contributed by atoms with E-state index in [0.717, 1.165) is 40.9 Å². The summed E-state index contributed by atoms with van der Waals surface area (Å²) in [7, 11) is 0. The number of alkyl halides is 3. The highest BCUT2D eigenvalue weighted by molar-refractivity contribution is 7.19. The van der Waals surface area contributed by atoms with Crippen molar-refractivity contribution in [2.75, 3.05) is 6.54 Å². The summed E-state index contributed by atoms with van der Waals surface area (Å²) in [5.74, 6) is -2.76. The lowest BCUT2D eigenvalue weighted by atomic mass is 10.0. The normalized spacial score (nSPS) is 14.2. The van der Waals surface area contributed by atoms with Gasteiger partial charge in [-0.15, -0.1) is 11.3 Å². The molecule has 0 unspecified atom stereocenters. The Morgan fingerprint density at radius 2 is 1.96 bits per heavy atom. The molecular formula is C14H13F3N4O3S. The van der Waals surface area contributed by atoms with E-state index in [1.807, 2.05) is 6.92 Å². The zero-order valence-electron chi connectivity index (χ0n) is 12.9. The summed E-state index contributed by atoms with van der Waals surface area (Å²) in [6.07, 6.45) is -4.08. The van der Waals surface area contributed by atoms with Gasteiger partial charge in [-0.25, -0.2) is 9.78 Å². The van der Waals surface area contributed by atoms with Gasteiger partial charge in [-0.2, -0.15) is 13.2 Å². The van der Waals surface area contributed by atoms with Crippen LogP contribution in [0.5, 0.6) is 0 Å². The smallest absolute Gasteiger partial charge is 0.475 e. The second kappa shape index (κ2) is 6.15. The van der Waals surface area contributed by atoms with Gasteiger partial charge in [-0.1, -0.05) is 0 Å². The van der Waals surface area contributed by atoms with Crippen LogP contribution in [0.1, 0.15) is 16.1 Å². The minimum atomic E-state index is -5.08. The van der Waals surface area contributed by atoms with E-state index in [0.29, 0.717) is 5.39 Å². The molecule has 1 aliphatic heterocycles. The summed E-state index contributed by atoms with van der Waals surface area (Å²) in [6, 6.07) is 0. The van der Waals surface area contributed by atoms with Crippen molar-refractivity contribution in [3.05, 3.63) is 26.5 Å². The van der Waals surface area contributed by atoms with Crippen molar-refractivity contribution < 1.29 is 23.1 Å². The predicted octanol–water partition coefficient (Wildman–Crippen LogP) is 2.05. The molecule has 3 aromatic rings. The number of nitrogens with one attached hydrogen (secondary N) is 3. The average Bonchev–Trinajstić information content (AvgIpc) is 3.07. The van der Waals surface area contributed by atoms with Gasteiger partial charge in [0.15, 0.2) is 0 Å². The quantitative estimate of drug-likeness (QED) is 0.481. The van der Waals surface area contributed by atoms with E-state index in [1.54, 1.807) is 11.3 Å². The van der Waals surface area contributed by atoms with Crippen LogP contribution in [-0.2, 0) is 17.8 Å². The topological polar surface area (TPSA) is 111 Å². The first kappa shape index (κ1) is 17.4. The maximum absolute atomic E-state index is 11.8. The number of hydrogen-bond donors (Lipinski definition) is 4. The number of hydrogen-bond acceptors (Lipinski definition) is 5. The molecular weight excluding hydrogens is 361 g/mol. The molecule has 0 aromatic carbocycles. The Morgan fingerprint density at radius 3 is 2.60 bits per heavy atom. The lowest BCUT2D eigenvalue weighted by Crippen LogP contribution is -2.21. The number of aromatic amines is 2. The Balaban J connectivity index is 0.000000225. The monoisotopic (exact) mass is 374 g/mol. The Labute approximate surface area is 141 Å². The molecule has 7 nitrogen and oxygen atoms in total. The number of carboxylic acid groups (broad SMARTS) is 1. The van der Waals surface area contributed by atoms with Crippen molar-refractivity contribution in [1.82, 2.24) is 20.5 Å². The number of carbonyl (C=O) groups is 1. The average molecular weight is 374 g/mol. The van der Waals surface area contributed by atoms with Gasteiger partial charge in [0.1, 0.15) is 4.83 Å². The molecule has 0 radical (unpaired) electrons. The second-order valence-corrected chi connectivity index (χ2v) is 6.52. The Bertz CT molecular complexity index is 1020. The number of pyridine rings is 1. The first-order valence-electron chi connectivity index (χ1n) is 7.22. The van der Waals surface area contributed by atoms with Crippen molar-refractivity contribution >= 4 is 38.4 Å². The molecule has 0 saturated carbocycles. The summed E-state index contributed by atoms with van der Waals surface area (Å²) in [5.41, 5.74) is 2.99. The van der Waals surface area contributed by atoms with E-state index in [-0.39, 0.29) is 5.56 Å². The fourth-order valence-electron chi connectivity index (χ4n) is 2.76. The van der Waals surface area contributed by atoms with E-state index >= 15 is 0 Å². The number of fused-ring (bicyclic) bond motifs is 5. The largest absolute Gasteiger partial charge is 0.490 e. The number of aryl methyl sites for hydroxylation is 1. The van der Waals surface area contributed by atoms with Crippen molar-refractivity contribution in [1.29, 1.82) is 0 Å². The molecule has 0 bridgehead atoms. The number of thiophene rings is 1. The van der Waals surface area contributed by atoms with Crippen molar-refractivity contribution in [3.63, 3.8) is 0 Å². The number of rotatable bonds is 0. The van der Waals surface area contributed by atoms with Crippen LogP contribution in [-0.4, -0.2) is 39.0 Å². The van der Waals surface area contributed by atoms with Gasteiger partial charge in [0, 0.05) is 16.8 Å². The fraction of sp³-hybridized carbons (Fsp3) is 0.357. The third-order valence-corrected chi connectivity index (χ3v) is 4.94. The SMILES string of the molecule is Cc1nc2sc3c(c2c2[nH][nH]c(=O)c12)CCNC3.O=C(O)C(F)(F)F. The molecule has 11 heteroatoms. The third-order valence-electron chi connectivity index (χ3n) is 3.81. The molecule has 0 amide bonds. The summed E-state index contributed by atoms with van der Waals surface area (Å²) < 4.78 is 31.7. The van der Waals surface area contributed by atoms with Gasteiger partial charge < -0.3 is 10.4 Å². The Hall–Kier alpha value is -2.40. The zero-order valence-corrected chi connectivity index (χ0v) is 13.7. The number of aromatic nitrogens is 3. The molecule has 0 saturated heterocycles. The predicted molar refractivity (Wildman–Crippen MR) is 85.9 cm³/mol. The van der Waals surface area contributed by atoms with Gasteiger partial charge in [0.2, 0.25) is 0 Å². The highest BCUT2D eigenvalue weighted by atomic mass is 32.1. The highest BCUT2D eigenvalue weighted by Crippen LogP contribution is 2.35. The van der Waals surface area contributed by atoms with Crippen LogP contribution < -0.4 is 10.9 Å². The summed E-state index contributed by atoms with van der Waals surface area (Å²) >= 11 is 1.73. The van der Waals surface area contributed by atoms with Gasteiger partial charge >= 0.3 is 12.1 Å². The molecule has 25 heavy (non-hydrogen) atoms. The highest BCUT2D eigenvalue weighted by Gasteiger charge is 2.38. The molecule has 0 fully saturated rings. The maximum Gasteiger partial charge on any atom is 0.490 e. The summed E-state index contributed by atoms with van der Waals surface area (Å²) in [6.45, 7) is 3.79. The van der Waals surface area contributed by atoms with Crippen LogP contribution >= 0.6 is 11.3 Å². The van der Waals surface area contributed by atoms with Gasteiger partial charge in [0.05, 0.1) is 16.6 Å². The minimum Gasteiger partial charge on any atom is -0.475 e. The lowest BCUT2D eigenvalue weighted by Gasteiger charge is -2.12. The first-order valence-corrected chi connectivity index (χ1v) is 8.03. The molecule has 1 aliphatic rings. The summed E-state index contributed by atoms with van der Waals surface area (Å²) in [5, 5.41) is 18.0. The maximum atomic E-state index is 11.8. The Morgan fingerprint density at radius 1 is 1.28 bits per heavy atom. The molecule has 0 atom stereocenters. The van der Waals surface area contributed by atoms with Crippen LogP contribution in [0, 0.1) is 6.92 Å². The number of halogens is 3. The van der Waals surface area contributed by atoms with Crippen molar-refractivity contribution in [2.45, 2.75) is 26.1 Å². The second-order valence-electron chi connectivity index (χ2n) is 5.44. The fourth-order valence-corrected chi connectivity index (χ4v) is 4.00. The molecule has 0 aliphatic carbocycles. The van der Waals surface area contributed by atoms with E-state index < -0.39 is 12.1 Å². The minimum absolute atomic E-state index is 0.0780. The van der Waals surface area contributed by atoms with Crippen LogP contribution in [0.3, 0.4) is 0 Å². The van der Waals surface area contributed by atoms with Crippen LogP contribution in [0.15, 0.2) is 4.79 Å². The standard InChI is InChI=1S/C12H12N4OS.C2HF3O2/c1-5-8-10(15-16-11(8)17)9-6-2-3-13-4-7(6)18-12(9)14-5;3-2(4,5)1(6)7/h13H,2-4H2,1H3,(H2,15,16,17);(H,6,7). The zero-order chi connectivity index (χ0) is 18.4. The molecule has 4 N–H and O–H groups in total. The summed E-state index contributed by atoms with van der Waals surface area (Å²) in [4.78, 5) is 27.7. The van der Waals surface area contributed by atoms with Gasteiger partial charge in [0.25, 0.3) is 5.56 Å². The number of carboxylic acids is 1. The lowest BCUT2D eigenvalue weighted by molar-refractivity contribution is -0.192. The molecule has 4 rings (SSSR count).